The summed E-state index contributed by atoms with van der Waals surface area (Å²) in [6, 6.07) is 25.0. The second kappa shape index (κ2) is 13.0. The third-order valence-corrected chi connectivity index (χ3v) is 5.45. The first-order valence-corrected chi connectivity index (χ1v) is 11.8. The Bertz CT molecular complexity index is 1070. The minimum Gasteiger partial charge on any atom is -0.494 e. The van der Waals surface area contributed by atoms with Crippen LogP contribution in [0.4, 0.5) is 11.4 Å². The average Bonchev–Trinajstić information content (AvgIpc) is 2.87. The third kappa shape index (κ3) is 7.66. The van der Waals surface area contributed by atoms with E-state index in [1.165, 1.54) is 5.56 Å². The molecule has 178 valence electrons. The van der Waals surface area contributed by atoms with Crippen LogP contribution < -0.4 is 15.4 Å². The Morgan fingerprint density at radius 1 is 0.853 bits per heavy atom. The highest BCUT2D eigenvalue weighted by Crippen LogP contribution is 2.18. The SMILES string of the molecule is CCN(CC)C(=O)c1cccc(NC(=O)CNc2cccc(OCCCc3ccccc3)c2)c1. The quantitative estimate of drug-likeness (QED) is 0.364. The van der Waals surface area contributed by atoms with Crippen LogP contribution in [0.2, 0.25) is 0 Å². The van der Waals surface area contributed by atoms with Gasteiger partial charge in [-0.1, -0.05) is 42.5 Å². The van der Waals surface area contributed by atoms with Crippen LogP contribution >= 0.6 is 0 Å². The molecule has 0 aliphatic carbocycles. The van der Waals surface area contributed by atoms with Gasteiger partial charge in [-0.05, 0) is 62.6 Å². The average molecular weight is 460 g/mol. The van der Waals surface area contributed by atoms with Crippen LogP contribution in [0.1, 0.15) is 36.2 Å². The van der Waals surface area contributed by atoms with Gasteiger partial charge in [-0.15, -0.1) is 0 Å². The number of amides is 2. The van der Waals surface area contributed by atoms with Crippen molar-refractivity contribution in [2.24, 2.45) is 0 Å². The van der Waals surface area contributed by atoms with Crippen molar-refractivity contribution in [3.63, 3.8) is 0 Å². The summed E-state index contributed by atoms with van der Waals surface area (Å²) in [5.41, 5.74) is 3.27. The Hall–Kier alpha value is -3.80. The maximum Gasteiger partial charge on any atom is 0.253 e. The van der Waals surface area contributed by atoms with Crippen LogP contribution in [-0.2, 0) is 11.2 Å². The Kier molecular flexibility index (Phi) is 9.52. The molecule has 0 bridgehead atoms. The first kappa shape index (κ1) is 24.8. The van der Waals surface area contributed by atoms with E-state index in [0.717, 1.165) is 24.3 Å². The van der Waals surface area contributed by atoms with Gasteiger partial charge in [-0.25, -0.2) is 0 Å². The van der Waals surface area contributed by atoms with E-state index in [-0.39, 0.29) is 18.4 Å². The molecule has 0 radical (unpaired) electrons. The lowest BCUT2D eigenvalue weighted by Crippen LogP contribution is -2.30. The van der Waals surface area contributed by atoms with Crippen LogP contribution in [0.5, 0.6) is 5.75 Å². The zero-order chi connectivity index (χ0) is 24.2. The second-order valence-corrected chi connectivity index (χ2v) is 7.93. The highest BCUT2D eigenvalue weighted by atomic mass is 16.5. The standard InChI is InChI=1S/C28H33N3O3/c1-3-31(4-2)28(33)23-14-8-16-25(19-23)30-27(32)21-29-24-15-9-17-26(20-24)34-18-10-13-22-11-6-5-7-12-22/h5-9,11-12,14-17,19-20,29H,3-4,10,13,18,21H2,1-2H3,(H,30,32). The molecule has 0 saturated heterocycles. The van der Waals surface area contributed by atoms with Crippen molar-refractivity contribution in [1.29, 1.82) is 0 Å². The van der Waals surface area contributed by atoms with Crippen LogP contribution in [0.15, 0.2) is 78.9 Å². The molecule has 3 rings (SSSR count). The van der Waals surface area contributed by atoms with Crippen molar-refractivity contribution in [1.82, 2.24) is 4.90 Å². The number of nitrogens with zero attached hydrogens (tertiary/aromatic N) is 1. The van der Waals surface area contributed by atoms with Crippen molar-refractivity contribution in [2.45, 2.75) is 26.7 Å². The summed E-state index contributed by atoms with van der Waals surface area (Å²) in [5, 5.41) is 5.98. The number of nitrogens with one attached hydrogen (secondary N) is 2. The monoisotopic (exact) mass is 459 g/mol. The Labute approximate surface area is 201 Å². The summed E-state index contributed by atoms with van der Waals surface area (Å²) >= 11 is 0. The molecule has 0 unspecified atom stereocenters. The van der Waals surface area contributed by atoms with Gasteiger partial charge in [0.25, 0.3) is 5.91 Å². The number of hydrogen-bond donors (Lipinski definition) is 2. The van der Waals surface area contributed by atoms with E-state index < -0.39 is 0 Å². The van der Waals surface area contributed by atoms with E-state index >= 15 is 0 Å². The van der Waals surface area contributed by atoms with Gasteiger partial charge in [0.05, 0.1) is 13.2 Å². The molecule has 6 heteroatoms. The predicted octanol–water partition coefficient (Wildman–Crippen LogP) is 5.23. The van der Waals surface area contributed by atoms with Crippen LogP contribution in [0.3, 0.4) is 0 Å². The lowest BCUT2D eigenvalue weighted by molar-refractivity contribution is -0.114. The molecule has 0 fully saturated rings. The Morgan fingerprint density at radius 2 is 1.59 bits per heavy atom. The molecule has 34 heavy (non-hydrogen) atoms. The number of benzene rings is 3. The van der Waals surface area contributed by atoms with Gasteiger partial charge < -0.3 is 20.3 Å². The third-order valence-electron chi connectivity index (χ3n) is 5.45. The van der Waals surface area contributed by atoms with E-state index in [4.69, 9.17) is 4.74 Å². The maximum atomic E-state index is 12.5. The van der Waals surface area contributed by atoms with Crippen molar-refractivity contribution >= 4 is 23.2 Å². The molecule has 0 spiro atoms. The van der Waals surface area contributed by atoms with Crippen molar-refractivity contribution in [3.05, 3.63) is 90.0 Å². The molecule has 0 aliphatic heterocycles. The molecule has 3 aromatic carbocycles. The number of aryl methyl sites for hydroxylation is 1. The van der Waals surface area contributed by atoms with Gasteiger partial charge in [0.1, 0.15) is 5.75 Å². The fourth-order valence-corrected chi connectivity index (χ4v) is 3.62. The lowest BCUT2D eigenvalue weighted by Gasteiger charge is -2.19. The summed E-state index contributed by atoms with van der Waals surface area (Å²) in [6.45, 7) is 5.91. The number of carbonyl (C=O) groups excluding carboxylic acids is 2. The Balaban J connectivity index is 1.46. The minimum atomic E-state index is -0.193. The summed E-state index contributed by atoms with van der Waals surface area (Å²) in [7, 11) is 0. The molecule has 0 heterocycles. The molecule has 6 nitrogen and oxygen atoms in total. The molecular weight excluding hydrogens is 426 g/mol. The normalized spacial score (nSPS) is 10.4. The van der Waals surface area contributed by atoms with Crippen LogP contribution in [-0.4, -0.2) is 43.0 Å². The predicted molar refractivity (Wildman–Crippen MR) is 138 cm³/mol. The molecule has 2 N–H and O–H groups in total. The van der Waals surface area contributed by atoms with Crippen molar-refractivity contribution < 1.29 is 14.3 Å². The number of ether oxygens (including phenoxy) is 1. The van der Waals surface area contributed by atoms with Crippen LogP contribution in [0.25, 0.3) is 0 Å². The summed E-state index contributed by atoms with van der Waals surface area (Å²) in [6.07, 6.45) is 1.90. The van der Waals surface area contributed by atoms with Crippen molar-refractivity contribution in [3.8, 4) is 5.75 Å². The molecule has 3 aromatic rings. The summed E-state index contributed by atoms with van der Waals surface area (Å²) in [4.78, 5) is 26.7. The van der Waals surface area contributed by atoms with E-state index in [2.05, 4.69) is 22.8 Å². The molecule has 0 aromatic heterocycles. The zero-order valence-electron chi connectivity index (χ0n) is 19.9. The van der Waals surface area contributed by atoms with Gasteiger partial charge in [-0.2, -0.15) is 0 Å². The van der Waals surface area contributed by atoms with Gasteiger partial charge in [0.2, 0.25) is 5.91 Å². The number of rotatable bonds is 12. The minimum absolute atomic E-state index is 0.0418. The topological polar surface area (TPSA) is 70.7 Å². The second-order valence-electron chi connectivity index (χ2n) is 7.93. The number of carbonyl (C=O) groups is 2. The van der Waals surface area contributed by atoms with Gasteiger partial charge in [0, 0.05) is 36.1 Å². The van der Waals surface area contributed by atoms with E-state index in [1.54, 1.807) is 29.2 Å². The first-order chi connectivity index (χ1) is 16.6. The fraction of sp³-hybridized carbons (Fsp3) is 0.286. The maximum absolute atomic E-state index is 12.5. The molecular formula is C28H33N3O3. The molecule has 2 amide bonds. The van der Waals surface area contributed by atoms with Gasteiger partial charge in [0.15, 0.2) is 0 Å². The summed E-state index contributed by atoms with van der Waals surface area (Å²) in [5.74, 6) is 0.530. The smallest absolute Gasteiger partial charge is 0.253 e. The van der Waals surface area contributed by atoms with Gasteiger partial charge >= 0.3 is 0 Å². The molecule has 0 atom stereocenters. The highest BCUT2D eigenvalue weighted by molar-refractivity contribution is 5.98. The fourth-order valence-electron chi connectivity index (χ4n) is 3.62. The van der Waals surface area contributed by atoms with Gasteiger partial charge in [-0.3, -0.25) is 9.59 Å². The van der Waals surface area contributed by atoms with Crippen LogP contribution in [0, 0.1) is 0 Å². The largest absolute Gasteiger partial charge is 0.494 e. The first-order valence-electron chi connectivity index (χ1n) is 11.8. The zero-order valence-corrected chi connectivity index (χ0v) is 19.9. The number of hydrogen-bond acceptors (Lipinski definition) is 4. The summed E-state index contributed by atoms with van der Waals surface area (Å²) < 4.78 is 5.87. The van der Waals surface area contributed by atoms with E-state index in [9.17, 15) is 9.59 Å². The Morgan fingerprint density at radius 3 is 2.35 bits per heavy atom. The molecule has 0 saturated carbocycles. The van der Waals surface area contributed by atoms with E-state index in [1.807, 2.05) is 56.3 Å². The number of anilines is 2. The molecule has 0 aliphatic rings. The highest BCUT2D eigenvalue weighted by Gasteiger charge is 2.13. The lowest BCUT2D eigenvalue weighted by atomic mass is 10.1. The van der Waals surface area contributed by atoms with Crippen molar-refractivity contribution in [2.75, 3.05) is 36.9 Å². The van der Waals surface area contributed by atoms with E-state index in [0.29, 0.717) is 30.9 Å².